The number of aromatic nitrogens is 2. The van der Waals surface area contributed by atoms with E-state index in [1.54, 1.807) is 29.4 Å². The van der Waals surface area contributed by atoms with Crippen molar-refractivity contribution in [1.82, 2.24) is 25.7 Å². The molecule has 0 aliphatic carbocycles. The summed E-state index contributed by atoms with van der Waals surface area (Å²) in [4.78, 5) is 22.1. The smallest absolute Gasteiger partial charge is 0.414 e. The highest BCUT2D eigenvalue weighted by molar-refractivity contribution is 6.05. The molecule has 0 spiro atoms. The van der Waals surface area contributed by atoms with Crippen LogP contribution in [0.4, 0.5) is 4.79 Å². The largest absolute Gasteiger partial charge is 0.483 e. The van der Waals surface area contributed by atoms with Crippen LogP contribution < -0.4 is 15.6 Å². The normalized spacial score (nSPS) is 12.6. The van der Waals surface area contributed by atoms with Crippen LogP contribution in [0.25, 0.3) is 0 Å². The SMILES string of the molecule is C=C(COc1cccnc1C1=NNC(c2ccccn2)=NN1)OC(=O)N(CC)CC. The Morgan fingerprint density at radius 2 is 1.77 bits per heavy atom. The molecule has 0 fully saturated rings. The number of ether oxygens (including phenoxy) is 2. The van der Waals surface area contributed by atoms with Gasteiger partial charge < -0.3 is 14.4 Å². The van der Waals surface area contributed by atoms with Crippen molar-refractivity contribution >= 4 is 17.8 Å². The zero-order valence-electron chi connectivity index (χ0n) is 16.8. The molecule has 2 aromatic heterocycles. The van der Waals surface area contributed by atoms with Crippen molar-refractivity contribution in [2.45, 2.75) is 13.8 Å². The second-order valence-corrected chi connectivity index (χ2v) is 6.08. The van der Waals surface area contributed by atoms with Crippen LogP contribution in [0.1, 0.15) is 25.2 Å². The molecular formula is C20H23N7O3. The van der Waals surface area contributed by atoms with Gasteiger partial charge in [-0.25, -0.2) is 9.78 Å². The summed E-state index contributed by atoms with van der Waals surface area (Å²) in [6.45, 7) is 8.58. The van der Waals surface area contributed by atoms with Crippen molar-refractivity contribution in [2.75, 3.05) is 19.7 Å². The quantitative estimate of drug-likeness (QED) is 0.642. The molecule has 10 nitrogen and oxygen atoms in total. The van der Waals surface area contributed by atoms with Gasteiger partial charge in [0.2, 0.25) is 0 Å². The molecule has 0 saturated heterocycles. The lowest BCUT2D eigenvalue weighted by Crippen LogP contribution is -2.35. The number of carbonyl (C=O) groups excluding carboxylic acids is 1. The van der Waals surface area contributed by atoms with Gasteiger partial charge in [-0.15, -0.1) is 0 Å². The molecule has 156 valence electrons. The summed E-state index contributed by atoms with van der Waals surface area (Å²) in [6.07, 6.45) is 2.82. The molecular weight excluding hydrogens is 386 g/mol. The van der Waals surface area contributed by atoms with Gasteiger partial charge in [0, 0.05) is 25.5 Å². The van der Waals surface area contributed by atoms with Gasteiger partial charge in [0.1, 0.15) is 23.8 Å². The van der Waals surface area contributed by atoms with E-state index in [4.69, 9.17) is 9.47 Å². The van der Waals surface area contributed by atoms with Gasteiger partial charge in [0.15, 0.2) is 17.4 Å². The number of rotatable bonds is 8. The first kappa shape index (κ1) is 20.8. The first-order valence-corrected chi connectivity index (χ1v) is 9.43. The fourth-order valence-corrected chi connectivity index (χ4v) is 2.53. The lowest BCUT2D eigenvalue weighted by Gasteiger charge is -2.19. The van der Waals surface area contributed by atoms with E-state index >= 15 is 0 Å². The third-order valence-corrected chi connectivity index (χ3v) is 4.09. The van der Waals surface area contributed by atoms with E-state index in [-0.39, 0.29) is 12.4 Å². The number of amides is 1. The van der Waals surface area contributed by atoms with Crippen LogP contribution in [0.3, 0.4) is 0 Å². The molecule has 1 amide bonds. The number of amidine groups is 2. The second kappa shape index (κ2) is 10.0. The van der Waals surface area contributed by atoms with Crippen molar-refractivity contribution in [3.8, 4) is 5.75 Å². The van der Waals surface area contributed by atoms with E-state index < -0.39 is 6.09 Å². The maximum atomic E-state index is 12.0. The predicted molar refractivity (Wildman–Crippen MR) is 112 cm³/mol. The molecule has 0 saturated carbocycles. The fraction of sp³-hybridized carbons (Fsp3) is 0.250. The van der Waals surface area contributed by atoms with Crippen molar-refractivity contribution in [2.24, 2.45) is 10.2 Å². The maximum Gasteiger partial charge on any atom is 0.414 e. The molecule has 0 unspecified atom stereocenters. The Morgan fingerprint density at radius 1 is 1.03 bits per heavy atom. The Hall–Kier alpha value is -3.95. The van der Waals surface area contributed by atoms with Gasteiger partial charge in [-0.3, -0.25) is 15.8 Å². The van der Waals surface area contributed by atoms with Crippen molar-refractivity contribution in [3.63, 3.8) is 0 Å². The Labute approximate surface area is 174 Å². The molecule has 2 aromatic rings. The van der Waals surface area contributed by atoms with Gasteiger partial charge >= 0.3 is 6.09 Å². The van der Waals surface area contributed by atoms with Crippen LogP contribution in [0.5, 0.6) is 5.75 Å². The van der Waals surface area contributed by atoms with Crippen LogP contribution in [0.15, 0.2) is 65.3 Å². The highest BCUT2D eigenvalue weighted by Gasteiger charge is 2.18. The molecule has 1 aliphatic rings. The minimum Gasteiger partial charge on any atom is -0.483 e. The zero-order chi connectivity index (χ0) is 21.3. The number of nitrogens with zero attached hydrogens (tertiary/aromatic N) is 5. The third kappa shape index (κ3) is 5.10. The first-order chi connectivity index (χ1) is 14.6. The van der Waals surface area contributed by atoms with E-state index in [0.717, 1.165) is 0 Å². The van der Waals surface area contributed by atoms with Crippen LogP contribution in [0, 0.1) is 0 Å². The molecule has 0 radical (unpaired) electrons. The summed E-state index contributed by atoms with van der Waals surface area (Å²) < 4.78 is 11.0. The number of hydrogen-bond acceptors (Lipinski definition) is 9. The Kier molecular flexibility index (Phi) is 6.93. The van der Waals surface area contributed by atoms with Crippen LogP contribution in [-0.2, 0) is 4.74 Å². The molecule has 1 aliphatic heterocycles. The molecule has 2 N–H and O–H groups in total. The minimum atomic E-state index is -0.459. The van der Waals surface area contributed by atoms with Crippen molar-refractivity contribution < 1.29 is 14.3 Å². The number of pyridine rings is 2. The summed E-state index contributed by atoms with van der Waals surface area (Å²) in [5.41, 5.74) is 6.80. The summed E-state index contributed by atoms with van der Waals surface area (Å²) in [6, 6.07) is 8.94. The average Bonchev–Trinajstić information content (AvgIpc) is 2.79. The highest BCUT2D eigenvalue weighted by Crippen LogP contribution is 2.17. The van der Waals surface area contributed by atoms with E-state index in [9.17, 15) is 4.79 Å². The van der Waals surface area contributed by atoms with Gasteiger partial charge in [-0.05, 0) is 38.1 Å². The van der Waals surface area contributed by atoms with E-state index in [1.165, 1.54) is 0 Å². The lowest BCUT2D eigenvalue weighted by molar-refractivity contribution is 0.123. The minimum absolute atomic E-state index is 0.0190. The monoisotopic (exact) mass is 409 g/mol. The Morgan fingerprint density at radius 3 is 2.43 bits per heavy atom. The maximum absolute atomic E-state index is 12.0. The molecule has 10 heteroatoms. The van der Waals surface area contributed by atoms with Gasteiger partial charge in [0.05, 0.1) is 0 Å². The fourth-order valence-electron chi connectivity index (χ4n) is 2.53. The van der Waals surface area contributed by atoms with Crippen molar-refractivity contribution in [3.05, 3.63) is 66.5 Å². The van der Waals surface area contributed by atoms with Gasteiger partial charge in [-0.2, -0.15) is 10.2 Å². The van der Waals surface area contributed by atoms with Gasteiger partial charge in [-0.1, -0.05) is 12.6 Å². The predicted octanol–water partition coefficient (Wildman–Crippen LogP) is 2.06. The summed E-state index contributed by atoms with van der Waals surface area (Å²) in [7, 11) is 0. The van der Waals surface area contributed by atoms with Crippen LogP contribution in [0.2, 0.25) is 0 Å². The molecule has 0 aromatic carbocycles. The van der Waals surface area contributed by atoms with Crippen LogP contribution in [-0.4, -0.2) is 52.3 Å². The summed E-state index contributed by atoms with van der Waals surface area (Å²) in [5, 5.41) is 8.51. The summed E-state index contributed by atoms with van der Waals surface area (Å²) in [5.74, 6) is 1.47. The summed E-state index contributed by atoms with van der Waals surface area (Å²) >= 11 is 0. The molecule has 30 heavy (non-hydrogen) atoms. The van der Waals surface area contributed by atoms with E-state index in [1.807, 2.05) is 32.0 Å². The van der Waals surface area contributed by atoms with Crippen molar-refractivity contribution in [1.29, 1.82) is 0 Å². The first-order valence-electron chi connectivity index (χ1n) is 9.43. The third-order valence-electron chi connectivity index (χ3n) is 4.09. The number of hydrazone groups is 2. The highest BCUT2D eigenvalue weighted by atomic mass is 16.6. The topological polar surface area (TPSA) is 113 Å². The molecule has 3 heterocycles. The van der Waals surface area contributed by atoms with E-state index in [2.05, 4.69) is 37.6 Å². The second-order valence-electron chi connectivity index (χ2n) is 6.08. The lowest BCUT2D eigenvalue weighted by atomic mass is 10.3. The van der Waals surface area contributed by atoms with Crippen LogP contribution >= 0.6 is 0 Å². The number of hydrogen-bond donors (Lipinski definition) is 2. The molecule has 3 rings (SSSR count). The molecule has 0 atom stereocenters. The van der Waals surface area contributed by atoms with E-state index in [0.29, 0.717) is 41.9 Å². The Balaban J connectivity index is 1.62. The zero-order valence-corrected chi connectivity index (χ0v) is 16.8. The standard InChI is InChI=1S/C20H23N7O3/c1-4-27(5-2)20(28)30-14(3)13-29-16-10-8-12-22-17(16)19-25-23-18(24-26-19)15-9-6-7-11-21-15/h6-12H,3-5,13H2,1-2H3,(H,23,24)(H,25,26). The Bertz CT molecular complexity index is 956. The van der Waals surface area contributed by atoms with Gasteiger partial charge in [0.25, 0.3) is 0 Å². The number of nitrogens with one attached hydrogen (secondary N) is 2. The number of carbonyl (C=O) groups is 1. The average molecular weight is 409 g/mol. The molecule has 0 bridgehead atoms.